The number of fused-ring (bicyclic) bond motifs is 1. The topological polar surface area (TPSA) is 23.8 Å². The molecule has 0 saturated heterocycles. The zero-order chi connectivity index (χ0) is 10.8. The third-order valence-corrected chi connectivity index (χ3v) is 3.19. The molecule has 1 aromatic carbocycles. The number of hydrogen-bond acceptors (Lipinski definition) is 1. The first-order chi connectivity index (χ1) is 7.20. The normalized spacial score (nSPS) is 18.7. The van der Waals surface area contributed by atoms with Crippen LogP contribution in [0.4, 0.5) is 0 Å². The Morgan fingerprint density at radius 2 is 2.13 bits per heavy atom. The van der Waals surface area contributed by atoms with Gasteiger partial charge < -0.3 is 0 Å². The maximum absolute atomic E-state index is 8.88. The molecule has 0 aromatic heterocycles. The molecule has 0 fully saturated rings. The molecule has 74 valence electrons. The quantitative estimate of drug-likeness (QED) is 0.649. The molecular weight excluding hydrogens is 250 g/mol. The van der Waals surface area contributed by atoms with Crippen molar-refractivity contribution in [3.63, 3.8) is 0 Å². The Hall–Kier alpha value is -1.33. The maximum atomic E-state index is 8.88. The van der Waals surface area contributed by atoms with Crippen molar-refractivity contribution in [2.45, 2.75) is 11.8 Å². The molecule has 2 rings (SSSR count). The van der Waals surface area contributed by atoms with E-state index in [2.05, 4.69) is 47.1 Å². The third-order valence-electron chi connectivity index (χ3n) is 2.44. The number of alkyl halides is 1. The number of aryl methyl sites for hydroxylation is 1. The van der Waals surface area contributed by atoms with Crippen molar-refractivity contribution in [1.82, 2.24) is 0 Å². The van der Waals surface area contributed by atoms with Crippen LogP contribution in [0.25, 0.3) is 6.08 Å². The molecule has 1 aliphatic rings. The zero-order valence-corrected chi connectivity index (χ0v) is 9.95. The molecule has 1 aromatic rings. The lowest BCUT2D eigenvalue weighted by Gasteiger charge is -2.08. The van der Waals surface area contributed by atoms with Gasteiger partial charge in [0.05, 0.1) is 10.9 Å². The van der Waals surface area contributed by atoms with Crippen molar-refractivity contribution in [3.8, 4) is 6.07 Å². The molecule has 0 spiro atoms. The standard InChI is InChI=1S/C13H10BrN/c1-9-2-5-12-11(6-9)4-3-10(8-15)7-13(12)14/h2-7,13H,1H3. The summed E-state index contributed by atoms with van der Waals surface area (Å²) in [6.07, 6.45) is 5.79. The fourth-order valence-corrected chi connectivity index (χ4v) is 2.35. The zero-order valence-electron chi connectivity index (χ0n) is 8.37. The lowest BCUT2D eigenvalue weighted by molar-refractivity contribution is 1.23. The summed E-state index contributed by atoms with van der Waals surface area (Å²) in [7, 11) is 0. The van der Waals surface area contributed by atoms with Gasteiger partial charge in [0.15, 0.2) is 0 Å². The van der Waals surface area contributed by atoms with E-state index in [-0.39, 0.29) is 4.83 Å². The van der Waals surface area contributed by atoms with Crippen LogP contribution in [0.1, 0.15) is 21.5 Å². The Morgan fingerprint density at radius 3 is 2.87 bits per heavy atom. The molecule has 0 N–H and O–H groups in total. The van der Waals surface area contributed by atoms with Crippen LogP contribution >= 0.6 is 15.9 Å². The average Bonchev–Trinajstić information content (AvgIpc) is 2.38. The van der Waals surface area contributed by atoms with Crippen molar-refractivity contribution < 1.29 is 0 Å². The SMILES string of the molecule is Cc1ccc2c(c1)C=CC(C#N)=CC2Br. The van der Waals surface area contributed by atoms with E-state index in [9.17, 15) is 0 Å². The number of halogens is 1. The minimum Gasteiger partial charge on any atom is -0.192 e. The summed E-state index contributed by atoms with van der Waals surface area (Å²) in [5, 5.41) is 8.88. The largest absolute Gasteiger partial charge is 0.192 e. The van der Waals surface area contributed by atoms with Crippen LogP contribution in [0.5, 0.6) is 0 Å². The molecule has 0 heterocycles. The van der Waals surface area contributed by atoms with Crippen LogP contribution in [0.2, 0.25) is 0 Å². The van der Waals surface area contributed by atoms with Gasteiger partial charge in [0.25, 0.3) is 0 Å². The van der Waals surface area contributed by atoms with Crippen LogP contribution < -0.4 is 0 Å². The average molecular weight is 260 g/mol. The molecular formula is C13H10BrN. The summed E-state index contributed by atoms with van der Waals surface area (Å²) in [5.74, 6) is 0. The lowest BCUT2D eigenvalue weighted by Crippen LogP contribution is -1.90. The molecule has 1 unspecified atom stereocenters. The number of nitriles is 1. The molecule has 0 amide bonds. The number of nitrogens with zero attached hydrogens (tertiary/aromatic N) is 1. The van der Waals surface area contributed by atoms with E-state index in [1.165, 1.54) is 16.7 Å². The first-order valence-electron chi connectivity index (χ1n) is 4.75. The van der Waals surface area contributed by atoms with Crippen molar-refractivity contribution in [1.29, 1.82) is 5.26 Å². The number of rotatable bonds is 0. The van der Waals surface area contributed by atoms with Gasteiger partial charge in [0.2, 0.25) is 0 Å². The lowest BCUT2D eigenvalue weighted by atomic mass is 10.0. The molecule has 1 aliphatic carbocycles. The fraction of sp³-hybridized carbons (Fsp3) is 0.154. The molecule has 1 atom stereocenters. The number of benzene rings is 1. The van der Waals surface area contributed by atoms with E-state index in [1.807, 2.05) is 18.2 Å². The summed E-state index contributed by atoms with van der Waals surface area (Å²) in [4.78, 5) is 0.123. The first-order valence-corrected chi connectivity index (χ1v) is 5.67. The summed E-state index contributed by atoms with van der Waals surface area (Å²) in [5.41, 5.74) is 4.32. The number of hydrogen-bond donors (Lipinski definition) is 0. The molecule has 0 aliphatic heterocycles. The van der Waals surface area contributed by atoms with Crippen LogP contribution in [-0.2, 0) is 0 Å². The van der Waals surface area contributed by atoms with Gasteiger partial charge in [-0.25, -0.2) is 0 Å². The first kappa shape index (κ1) is 10.2. The molecule has 1 nitrogen and oxygen atoms in total. The van der Waals surface area contributed by atoms with Crippen LogP contribution in [-0.4, -0.2) is 0 Å². The van der Waals surface area contributed by atoms with Gasteiger partial charge in [-0.1, -0.05) is 45.8 Å². The fourth-order valence-electron chi connectivity index (χ4n) is 1.65. The van der Waals surface area contributed by atoms with Crippen molar-refractivity contribution in [3.05, 3.63) is 52.6 Å². The highest BCUT2D eigenvalue weighted by molar-refractivity contribution is 9.09. The minimum absolute atomic E-state index is 0.123. The predicted molar refractivity (Wildman–Crippen MR) is 65.6 cm³/mol. The van der Waals surface area contributed by atoms with Gasteiger partial charge in [-0.05, 0) is 30.2 Å². The van der Waals surface area contributed by atoms with Gasteiger partial charge in [0.1, 0.15) is 0 Å². The second kappa shape index (κ2) is 4.04. The second-order valence-corrected chi connectivity index (χ2v) is 4.59. The summed E-state index contributed by atoms with van der Waals surface area (Å²) < 4.78 is 0. The molecule has 0 radical (unpaired) electrons. The van der Waals surface area contributed by atoms with Crippen LogP contribution in [0.15, 0.2) is 35.9 Å². The van der Waals surface area contributed by atoms with Crippen molar-refractivity contribution in [2.24, 2.45) is 0 Å². The summed E-state index contributed by atoms with van der Waals surface area (Å²) in [6.45, 7) is 2.07. The van der Waals surface area contributed by atoms with Gasteiger partial charge in [0, 0.05) is 5.57 Å². The monoisotopic (exact) mass is 259 g/mol. The van der Waals surface area contributed by atoms with E-state index in [4.69, 9.17) is 5.26 Å². The summed E-state index contributed by atoms with van der Waals surface area (Å²) >= 11 is 3.58. The van der Waals surface area contributed by atoms with Gasteiger partial charge >= 0.3 is 0 Å². The van der Waals surface area contributed by atoms with Gasteiger partial charge in [-0.2, -0.15) is 5.26 Å². The van der Waals surface area contributed by atoms with E-state index >= 15 is 0 Å². The van der Waals surface area contributed by atoms with E-state index < -0.39 is 0 Å². The molecule has 2 heteroatoms. The number of allylic oxidation sites excluding steroid dienone is 3. The van der Waals surface area contributed by atoms with Crippen molar-refractivity contribution >= 4 is 22.0 Å². The van der Waals surface area contributed by atoms with Crippen molar-refractivity contribution in [2.75, 3.05) is 0 Å². The van der Waals surface area contributed by atoms with Gasteiger partial charge in [-0.3, -0.25) is 0 Å². The Kier molecular flexibility index (Phi) is 2.75. The van der Waals surface area contributed by atoms with E-state index in [0.717, 1.165) is 0 Å². The maximum Gasteiger partial charge on any atom is 0.0988 e. The Morgan fingerprint density at radius 1 is 1.33 bits per heavy atom. The van der Waals surface area contributed by atoms with E-state index in [1.54, 1.807) is 0 Å². The Bertz CT molecular complexity index is 492. The van der Waals surface area contributed by atoms with E-state index in [0.29, 0.717) is 5.57 Å². The summed E-state index contributed by atoms with van der Waals surface area (Å²) in [6, 6.07) is 8.49. The van der Waals surface area contributed by atoms with Crippen LogP contribution in [0, 0.1) is 18.3 Å². The van der Waals surface area contributed by atoms with Gasteiger partial charge in [-0.15, -0.1) is 0 Å². The predicted octanol–water partition coefficient (Wildman–Crippen LogP) is 3.91. The molecule has 15 heavy (non-hydrogen) atoms. The third kappa shape index (κ3) is 2.03. The highest BCUT2D eigenvalue weighted by Crippen LogP contribution is 2.32. The minimum atomic E-state index is 0.123. The highest BCUT2D eigenvalue weighted by Gasteiger charge is 2.12. The smallest absolute Gasteiger partial charge is 0.0988 e. The Balaban J connectivity index is 2.56. The van der Waals surface area contributed by atoms with Crippen LogP contribution in [0.3, 0.4) is 0 Å². The second-order valence-electron chi connectivity index (χ2n) is 3.60. The molecule has 0 bridgehead atoms. The molecule has 0 saturated carbocycles. The Labute approximate surface area is 97.9 Å². The highest BCUT2D eigenvalue weighted by atomic mass is 79.9.